The van der Waals surface area contributed by atoms with Crippen molar-refractivity contribution in [2.45, 2.75) is 64.0 Å². The monoisotopic (exact) mass is 416 g/mol. The molecule has 10 nitrogen and oxygen atoms in total. The third-order valence-corrected chi connectivity index (χ3v) is 5.17. The minimum atomic E-state index is -0.366. The lowest BCUT2D eigenvalue weighted by Crippen LogP contribution is -2.34. The molecule has 0 bridgehead atoms. The molecule has 1 aliphatic rings. The highest BCUT2D eigenvalue weighted by molar-refractivity contribution is 5.91. The molecule has 0 unspecified atom stereocenters. The zero-order chi connectivity index (χ0) is 21.5. The first-order valence-electron chi connectivity index (χ1n) is 10.1. The van der Waals surface area contributed by atoms with Crippen molar-refractivity contribution in [2.24, 2.45) is 0 Å². The summed E-state index contributed by atoms with van der Waals surface area (Å²) >= 11 is 0. The fourth-order valence-corrected chi connectivity index (χ4v) is 3.32. The second kappa shape index (κ2) is 10.0. The maximum absolute atomic E-state index is 12.2. The molecule has 3 N–H and O–H groups in total. The topological polar surface area (TPSA) is 131 Å². The van der Waals surface area contributed by atoms with Crippen molar-refractivity contribution in [2.75, 3.05) is 12.4 Å². The number of aromatic nitrogens is 4. The predicted molar refractivity (Wildman–Crippen MR) is 109 cm³/mol. The highest BCUT2D eigenvalue weighted by Crippen LogP contribution is 2.35. The summed E-state index contributed by atoms with van der Waals surface area (Å²) in [7, 11) is 1.51. The van der Waals surface area contributed by atoms with Gasteiger partial charge in [0.25, 0.3) is 0 Å². The van der Waals surface area contributed by atoms with Gasteiger partial charge in [0, 0.05) is 23.7 Å². The standard InChI is InChI=1S/C20H28N6O4/c1-4-12(2)23-20(28)30-15-6-5-13(7-15)16-9-17(26-25-16)24-18(27)8-14-10-22-19(29-3)11-21-14/h9-13,15H,4-8H2,1-3H3,(H,23,28)(H2,24,25,26,27)/t12-,13-,15+/m0/s1. The van der Waals surface area contributed by atoms with Crippen LogP contribution in [-0.4, -0.2) is 51.4 Å². The Morgan fingerprint density at radius 3 is 2.83 bits per heavy atom. The van der Waals surface area contributed by atoms with Gasteiger partial charge in [0.2, 0.25) is 11.8 Å². The average molecular weight is 416 g/mol. The molecule has 0 aliphatic heterocycles. The van der Waals surface area contributed by atoms with Gasteiger partial charge in [0.1, 0.15) is 6.10 Å². The highest BCUT2D eigenvalue weighted by Gasteiger charge is 2.30. The summed E-state index contributed by atoms with van der Waals surface area (Å²) in [4.78, 5) is 32.3. The second-order valence-corrected chi connectivity index (χ2v) is 7.47. The van der Waals surface area contributed by atoms with Gasteiger partial charge in [-0.05, 0) is 32.6 Å². The van der Waals surface area contributed by atoms with Crippen LogP contribution in [0.15, 0.2) is 18.5 Å². The number of hydrogen-bond acceptors (Lipinski definition) is 7. The third-order valence-electron chi connectivity index (χ3n) is 5.17. The summed E-state index contributed by atoms with van der Waals surface area (Å²) in [5.41, 5.74) is 1.46. The van der Waals surface area contributed by atoms with E-state index in [1.54, 1.807) is 0 Å². The number of anilines is 1. The first kappa shape index (κ1) is 21.5. The van der Waals surface area contributed by atoms with E-state index in [9.17, 15) is 9.59 Å². The average Bonchev–Trinajstić information content (AvgIpc) is 3.37. The van der Waals surface area contributed by atoms with Crippen molar-refractivity contribution in [3.63, 3.8) is 0 Å². The number of carbonyl (C=O) groups is 2. The van der Waals surface area contributed by atoms with E-state index in [1.165, 1.54) is 19.5 Å². The van der Waals surface area contributed by atoms with Gasteiger partial charge < -0.3 is 20.1 Å². The van der Waals surface area contributed by atoms with E-state index in [1.807, 2.05) is 19.9 Å². The van der Waals surface area contributed by atoms with Crippen molar-refractivity contribution in [1.29, 1.82) is 0 Å². The Balaban J connectivity index is 1.47. The van der Waals surface area contributed by atoms with Crippen LogP contribution >= 0.6 is 0 Å². The second-order valence-electron chi connectivity index (χ2n) is 7.47. The molecular weight excluding hydrogens is 388 g/mol. The van der Waals surface area contributed by atoms with Crippen LogP contribution in [0.25, 0.3) is 0 Å². The van der Waals surface area contributed by atoms with Crippen LogP contribution in [0, 0.1) is 0 Å². The van der Waals surface area contributed by atoms with E-state index in [0.717, 1.165) is 31.4 Å². The molecule has 1 fully saturated rings. The molecule has 162 valence electrons. The Morgan fingerprint density at radius 1 is 1.30 bits per heavy atom. The fourth-order valence-electron chi connectivity index (χ4n) is 3.32. The molecule has 0 spiro atoms. The predicted octanol–water partition coefficient (Wildman–Crippen LogP) is 2.55. The number of aromatic amines is 1. The molecule has 1 aliphatic carbocycles. The van der Waals surface area contributed by atoms with Crippen molar-refractivity contribution in [3.8, 4) is 5.88 Å². The molecule has 1 saturated carbocycles. The Kier molecular flexibility index (Phi) is 7.21. The molecule has 0 aromatic carbocycles. The molecule has 2 heterocycles. The summed E-state index contributed by atoms with van der Waals surface area (Å²) in [5, 5.41) is 12.7. The minimum absolute atomic E-state index is 0.0871. The molecule has 0 radical (unpaired) electrons. The normalized spacial score (nSPS) is 19.2. The summed E-state index contributed by atoms with van der Waals surface area (Å²) < 4.78 is 10.5. The van der Waals surface area contributed by atoms with Gasteiger partial charge in [-0.3, -0.25) is 14.9 Å². The van der Waals surface area contributed by atoms with Gasteiger partial charge in [-0.25, -0.2) is 9.78 Å². The lowest BCUT2D eigenvalue weighted by atomic mass is 10.0. The zero-order valence-electron chi connectivity index (χ0n) is 17.5. The largest absolute Gasteiger partial charge is 0.480 e. The molecule has 2 amide bonds. The first-order chi connectivity index (χ1) is 14.5. The van der Waals surface area contributed by atoms with Crippen LogP contribution in [0.1, 0.15) is 56.8 Å². The Labute approximate surface area is 175 Å². The maximum atomic E-state index is 12.2. The van der Waals surface area contributed by atoms with Crippen LogP contribution < -0.4 is 15.4 Å². The number of nitrogens with zero attached hydrogens (tertiary/aromatic N) is 3. The smallest absolute Gasteiger partial charge is 0.407 e. The number of amides is 2. The molecule has 30 heavy (non-hydrogen) atoms. The van der Waals surface area contributed by atoms with Gasteiger partial charge in [0.05, 0.1) is 31.6 Å². The number of ether oxygens (including phenoxy) is 2. The quantitative estimate of drug-likeness (QED) is 0.602. The number of nitrogens with one attached hydrogen (secondary N) is 3. The van der Waals surface area contributed by atoms with Crippen LogP contribution in [-0.2, 0) is 16.0 Å². The Morgan fingerprint density at radius 2 is 2.13 bits per heavy atom. The lowest BCUT2D eigenvalue weighted by molar-refractivity contribution is -0.115. The summed E-state index contributed by atoms with van der Waals surface area (Å²) in [6.45, 7) is 3.95. The number of hydrogen-bond donors (Lipinski definition) is 3. The number of H-pyrrole nitrogens is 1. The molecule has 0 saturated heterocycles. The van der Waals surface area contributed by atoms with Crippen molar-refractivity contribution >= 4 is 17.8 Å². The van der Waals surface area contributed by atoms with E-state index in [2.05, 4.69) is 30.8 Å². The van der Waals surface area contributed by atoms with Crippen LogP contribution in [0.4, 0.5) is 10.6 Å². The zero-order valence-corrected chi connectivity index (χ0v) is 17.5. The van der Waals surface area contributed by atoms with Crippen molar-refractivity contribution < 1.29 is 19.1 Å². The van der Waals surface area contributed by atoms with E-state index in [-0.39, 0.29) is 36.5 Å². The van der Waals surface area contributed by atoms with E-state index in [0.29, 0.717) is 17.4 Å². The summed E-state index contributed by atoms with van der Waals surface area (Å²) in [6, 6.07) is 1.92. The van der Waals surface area contributed by atoms with Crippen molar-refractivity contribution in [3.05, 3.63) is 29.8 Å². The van der Waals surface area contributed by atoms with Gasteiger partial charge in [-0.15, -0.1) is 0 Å². The molecule has 2 aromatic heterocycles. The summed E-state index contributed by atoms with van der Waals surface area (Å²) in [6.07, 6.45) is 5.85. The number of methoxy groups -OCH3 is 1. The number of rotatable bonds is 8. The van der Waals surface area contributed by atoms with Crippen LogP contribution in [0.5, 0.6) is 5.88 Å². The Hall–Kier alpha value is -3.17. The van der Waals surface area contributed by atoms with E-state index in [4.69, 9.17) is 9.47 Å². The SMILES string of the molecule is CC[C@H](C)NC(=O)O[C@@H]1CC[C@H](c2cc(NC(=O)Cc3cnc(OC)cn3)n[nH]2)C1. The third kappa shape index (κ3) is 5.91. The van der Waals surface area contributed by atoms with E-state index >= 15 is 0 Å². The van der Waals surface area contributed by atoms with Gasteiger partial charge >= 0.3 is 6.09 Å². The van der Waals surface area contributed by atoms with Gasteiger partial charge in [0.15, 0.2) is 5.82 Å². The van der Waals surface area contributed by atoms with Crippen molar-refractivity contribution in [1.82, 2.24) is 25.5 Å². The molecule has 10 heteroatoms. The summed E-state index contributed by atoms with van der Waals surface area (Å²) in [5.74, 6) is 0.821. The minimum Gasteiger partial charge on any atom is -0.480 e. The lowest BCUT2D eigenvalue weighted by Gasteiger charge is -2.16. The molecule has 3 rings (SSSR count). The van der Waals surface area contributed by atoms with Gasteiger partial charge in [-0.1, -0.05) is 6.92 Å². The Bertz CT molecular complexity index is 853. The molecule has 2 aromatic rings. The van der Waals surface area contributed by atoms with E-state index < -0.39 is 0 Å². The number of carbonyl (C=O) groups excluding carboxylic acids is 2. The first-order valence-corrected chi connectivity index (χ1v) is 10.1. The van der Waals surface area contributed by atoms with Crippen LogP contribution in [0.2, 0.25) is 0 Å². The highest BCUT2D eigenvalue weighted by atomic mass is 16.6. The maximum Gasteiger partial charge on any atom is 0.407 e. The van der Waals surface area contributed by atoms with Crippen LogP contribution in [0.3, 0.4) is 0 Å². The molecular formula is C20H28N6O4. The number of alkyl carbamates (subject to hydrolysis) is 1. The molecule has 3 atom stereocenters. The fraction of sp³-hybridized carbons (Fsp3) is 0.550. The van der Waals surface area contributed by atoms with Gasteiger partial charge in [-0.2, -0.15) is 5.10 Å².